The Kier molecular flexibility index (Phi) is 3.18. The first-order chi connectivity index (χ1) is 8.78. The molecule has 1 aliphatic rings. The number of hydrogen-bond acceptors (Lipinski definition) is 4. The zero-order valence-electron chi connectivity index (χ0n) is 10.5. The van der Waals surface area contributed by atoms with Crippen LogP contribution in [0.1, 0.15) is 36.4 Å². The van der Waals surface area contributed by atoms with E-state index in [1.807, 2.05) is 6.07 Å². The molecule has 1 atom stereocenters. The van der Waals surface area contributed by atoms with Crippen molar-refractivity contribution in [2.75, 3.05) is 13.1 Å². The molecule has 0 aliphatic carbocycles. The molecule has 0 saturated carbocycles. The van der Waals surface area contributed by atoms with E-state index in [1.54, 1.807) is 11.3 Å². The number of piperidine rings is 1. The predicted octanol–water partition coefficient (Wildman–Crippen LogP) is 2.01. The first kappa shape index (κ1) is 11.9. The van der Waals surface area contributed by atoms with Gasteiger partial charge in [0.25, 0.3) is 5.56 Å². The fraction of sp³-hybridized carbons (Fsp3) is 0.538. The molecule has 3 heterocycles. The number of hydrogen-bond donors (Lipinski definition) is 2. The summed E-state index contributed by atoms with van der Waals surface area (Å²) in [7, 11) is 0. The molecule has 1 aliphatic heterocycles. The van der Waals surface area contributed by atoms with Crippen molar-refractivity contribution >= 4 is 21.6 Å². The zero-order valence-corrected chi connectivity index (χ0v) is 11.3. The molecule has 1 unspecified atom stereocenters. The van der Waals surface area contributed by atoms with E-state index < -0.39 is 0 Å². The van der Waals surface area contributed by atoms with E-state index in [1.165, 1.54) is 4.88 Å². The lowest BCUT2D eigenvalue weighted by atomic mass is 9.99. The van der Waals surface area contributed by atoms with E-state index in [-0.39, 0.29) is 5.56 Å². The Balaban J connectivity index is 2.05. The van der Waals surface area contributed by atoms with Gasteiger partial charge >= 0.3 is 0 Å². The van der Waals surface area contributed by atoms with Gasteiger partial charge in [0.2, 0.25) is 0 Å². The summed E-state index contributed by atoms with van der Waals surface area (Å²) in [5.41, 5.74) is 0.0107. The van der Waals surface area contributed by atoms with Crippen LogP contribution in [0.5, 0.6) is 0 Å². The van der Waals surface area contributed by atoms with Gasteiger partial charge in [-0.15, -0.1) is 11.3 Å². The molecule has 5 heteroatoms. The van der Waals surface area contributed by atoms with Gasteiger partial charge in [-0.05, 0) is 31.9 Å². The van der Waals surface area contributed by atoms with E-state index in [0.717, 1.165) is 48.4 Å². The number of rotatable bonds is 2. The second-order valence-electron chi connectivity index (χ2n) is 4.78. The fourth-order valence-corrected chi connectivity index (χ4v) is 3.43. The molecular formula is C13H17N3OS. The van der Waals surface area contributed by atoms with Crippen LogP contribution in [0.3, 0.4) is 0 Å². The highest BCUT2D eigenvalue weighted by Gasteiger charge is 2.19. The van der Waals surface area contributed by atoms with E-state index >= 15 is 0 Å². The second kappa shape index (κ2) is 4.82. The average molecular weight is 263 g/mol. The molecule has 96 valence electrons. The van der Waals surface area contributed by atoms with Crippen molar-refractivity contribution in [1.29, 1.82) is 0 Å². The number of thiophene rings is 1. The molecule has 2 aromatic heterocycles. The predicted molar refractivity (Wildman–Crippen MR) is 74.5 cm³/mol. The summed E-state index contributed by atoms with van der Waals surface area (Å²) in [5, 5.41) is 4.10. The van der Waals surface area contributed by atoms with Crippen LogP contribution in [-0.4, -0.2) is 23.1 Å². The normalized spacial score (nSPS) is 20.4. The quantitative estimate of drug-likeness (QED) is 0.871. The van der Waals surface area contributed by atoms with Crippen molar-refractivity contribution in [2.45, 2.75) is 32.1 Å². The highest BCUT2D eigenvalue weighted by Crippen LogP contribution is 2.25. The largest absolute Gasteiger partial charge is 0.316 e. The third-order valence-electron chi connectivity index (χ3n) is 3.50. The molecule has 0 aromatic carbocycles. The van der Waals surface area contributed by atoms with Gasteiger partial charge in [0.1, 0.15) is 10.7 Å². The van der Waals surface area contributed by atoms with Crippen LogP contribution in [0.25, 0.3) is 10.2 Å². The summed E-state index contributed by atoms with van der Waals surface area (Å²) in [6.45, 7) is 4.09. The Morgan fingerprint density at radius 2 is 2.44 bits per heavy atom. The molecule has 4 nitrogen and oxygen atoms in total. The van der Waals surface area contributed by atoms with E-state index in [9.17, 15) is 4.79 Å². The SMILES string of the molecule is CCc1cc2c(=O)[nH]c(C3CCCNC3)nc2s1. The molecule has 0 spiro atoms. The molecule has 0 radical (unpaired) electrons. The van der Waals surface area contributed by atoms with E-state index in [4.69, 9.17) is 0 Å². The van der Waals surface area contributed by atoms with Gasteiger partial charge in [0, 0.05) is 17.3 Å². The van der Waals surface area contributed by atoms with Gasteiger partial charge in [0.05, 0.1) is 5.39 Å². The van der Waals surface area contributed by atoms with Gasteiger partial charge < -0.3 is 10.3 Å². The van der Waals surface area contributed by atoms with Crippen molar-refractivity contribution < 1.29 is 0 Å². The fourth-order valence-electron chi connectivity index (χ4n) is 2.45. The van der Waals surface area contributed by atoms with Crippen molar-refractivity contribution in [1.82, 2.24) is 15.3 Å². The molecular weight excluding hydrogens is 246 g/mol. The lowest BCUT2D eigenvalue weighted by molar-refractivity contribution is 0.447. The number of aromatic nitrogens is 2. The third-order valence-corrected chi connectivity index (χ3v) is 4.68. The van der Waals surface area contributed by atoms with Crippen LogP contribution in [0.15, 0.2) is 10.9 Å². The molecule has 2 aromatic rings. The van der Waals surface area contributed by atoms with Crippen LogP contribution < -0.4 is 10.9 Å². The smallest absolute Gasteiger partial charge is 0.259 e. The molecule has 2 N–H and O–H groups in total. The van der Waals surface area contributed by atoms with Gasteiger partial charge in [0.15, 0.2) is 0 Å². The van der Waals surface area contributed by atoms with Crippen molar-refractivity contribution in [3.63, 3.8) is 0 Å². The highest BCUT2D eigenvalue weighted by atomic mass is 32.1. The third kappa shape index (κ3) is 2.08. The average Bonchev–Trinajstić information content (AvgIpc) is 2.83. The molecule has 1 saturated heterocycles. The summed E-state index contributed by atoms with van der Waals surface area (Å²) in [5.74, 6) is 1.20. The first-order valence-electron chi connectivity index (χ1n) is 6.51. The van der Waals surface area contributed by atoms with Crippen LogP contribution in [0, 0.1) is 0 Å². The zero-order chi connectivity index (χ0) is 12.5. The van der Waals surface area contributed by atoms with Crippen molar-refractivity contribution in [2.24, 2.45) is 0 Å². The molecule has 1 fully saturated rings. The molecule has 0 amide bonds. The molecule has 0 bridgehead atoms. The number of nitrogens with zero attached hydrogens (tertiary/aromatic N) is 1. The van der Waals surface area contributed by atoms with Gasteiger partial charge in [-0.2, -0.15) is 0 Å². The summed E-state index contributed by atoms with van der Waals surface area (Å²) < 4.78 is 0. The molecule has 3 rings (SSSR count). The Morgan fingerprint density at radius 3 is 3.17 bits per heavy atom. The Morgan fingerprint density at radius 1 is 1.56 bits per heavy atom. The standard InChI is InChI=1S/C13H17N3OS/c1-2-9-6-10-12(17)15-11(16-13(10)18-9)8-4-3-5-14-7-8/h6,8,14H,2-5,7H2,1H3,(H,15,16,17). The summed E-state index contributed by atoms with van der Waals surface area (Å²) >= 11 is 1.64. The van der Waals surface area contributed by atoms with Crippen LogP contribution in [-0.2, 0) is 6.42 Å². The first-order valence-corrected chi connectivity index (χ1v) is 7.33. The minimum absolute atomic E-state index is 0.0107. The van der Waals surface area contributed by atoms with Crippen molar-refractivity contribution in [3.8, 4) is 0 Å². The van der Waals surface area contributed by atoms with Crippen LogP contribution >= 0.6 is 11.3 Å². The summed E-state index contributed by atoms with van der Waals surface area (Å²) in [4.78, 5) is 21.8. The maximum Gasteiger partial charge on any atom is 0.259 e. The summed E-state index contributed by atoms with van der Waals surface area (Å²) in [6.07, 6.45) is 3.21. The van der Waals surface area contributed by atoms with Gasteiger partial charge in [-0.3, -0.25) is 4.79 Å². The van der Waals surface area contributed by atoms with Crippen molar-refractivity contribution in [3.05, 3.63) is 27.1 Å². The number of nitrogens with one attached hydrogen (secondary N) is 2. The number of H-pyrrole nitrogens is 1. The maximum absolute atomic E-state index is 12.1. The highest BCUT2D eigenvalue weighted by molar-refractivity contribution is 7.18. The van der Waals surface area contributed by atoms with E-state index in [2.05, 4.69) is 22.2 Å². The number of aromatic amines is 1. The Labute approximate surface area is 109 Å². The minimum atomic E-state index is 0.0107. The summed E-state index contributed by atoms with van der Waals surface area (Å²) in [6, 6.07) is 1.97. The number of fused-ring (bicyclic) bond motifs is 1. The van der Waals surface area contributed by atoms with Gasteiger partial charge in [-0.1, -0.05) is 6.92 Å². The Hall–Kier alpha value is -1.20. The van der Waals surface area contributed by atoms with Crippen LogP contribution in [0.2, 0.25) is 0 Å². The topological polar surface area (TPSA) is 57.8 Å². The van der Waals surface area contributed by atoms with Gasteiger partial charge in [-0.25, -0.2) is 4.98 Å². The lowest BCUT2D eigenvalue weighted by Gasteiger charge is -2.21. The molecule has 18 heavy (non-hydrogen) atoms. The van der Waals surface area contributed by atoms with Crippen LogP contribution in [0.4, 0.5) is 0 Å². The number of aryl methyl sites for hydroxylation is 1. The van der Waals surface area contributed by atoms with E-state index in [0.29, 0.717) is 5.92 Å². The second-order valence-corrected chi connectivity index (χ2v) is 5.89. The monoisotopic (exact) mass is 263 g/mol. The minimum Gasteiger partial charge on any atom is -0.316 e. The lowest BCUT2D eigenvalue weighted by Crippen LogP contribution is -2.30. The maximum atomic E-state index is 12.1. The Bertz CT molecular complexity index is 610.